The molecule has 0 spiro atoms. The summed E-state index contributed by atoms with van der Waals surface area (Å²) >= 11 is 1.40. The van der Waals surface area contributed by atoms with Crippen LogP contribution in [0.4, 0.5) is 10.9 Å². The average Bonchev–Trinajstić information content (AvgIpc) is 2.64. The van der Waals surface area contributed by atoms with Crippen LogP contribution >= 0.6 is 11.3 Å². The molecule has 0 atom stereocenters. The highest BCUT2D eigenvalue weighted by atomic mass is 32.1. The van der Waals surface area contributed by atoms with E-state index in [4.69, 9.17) is 5.73 Å². The largest absolute Gasteiger partial charge is 0.382 e. The van der Waals surface area contributed by atoms with Crippen LogP contribution in [0.15, 0.2) is 11.6 Å². The first-order chi connectivity index (χ1) is 10.1. The summed E-state index contributed by atoms with van der Waals surface area (Å²) in [7, 11) is 0. The second-order valence-electron chi connectivity index (χ2n) is 5.60. The lowest BCUT2D eigenvalue weighted by molar-refractivity contribution is 0.0962. The van der Waals surface area contributed by atoms with Gasteiger partial charge in [-0.2, -0.15) is 0 Å². The van der Waals surface area contributed by atoms with E-state index in [2.05, 4.69) is 15.2 Å². The van der Waals surface area contributed by atoms with Crippen molar-refractivity contribution in [3.63, 3.8) is 0 Å². The molecule has 1 aromatic rings. The first kappa shape index (κ1) is 15.8. The maximum Gasteiger partial charge on any atom is 0.265 e. The van der Waals surface area contributed by atoms with E-state index in [1.165, 1.54) is 42.6 Å². The normalized spacial score (nSPS) is 15.4. The van der Waals surface area contributed by atoms with Gasteiger partial charge < -0.3 is 16.0 Å². The van der Waals surface area contributed by atoms with Gasteiger partial charge in [0, 0.05) is 19.6 Å². The standard InChI is InChI=1S/C15H24N4OS/c1-11(2)7-8-17-14(20)12-13(16)18-15(21-12)19-9-5-3-4-6-10-19/h7H,3-6,8-10,16H2,1-2H3,(H,17,20). The number of nitrogen functional groups attached to an aromatic ring is 1. The minimum Gasteiger partial charge on any atom is -0.382 e. The molecule has 1 aromatic heterocycles. The van der Waals surface area contributed by atoms with Crippen molar-refractivity contribution in [3.05, 3.63) is 16.5 Å². The highest BCUT2D eigenvalue weighted by Crippen LogP contribution is 2.29. The van der Waals surface area contributed by atoms with Gasteiger partial charge in [-0.25, -0.2) is 4.98 Å². The highest BCUT2D eigenvalue weighted by Gasteiger charge is 2.20. The van der Waals surface area contributed by atoms with Crippen LogP contribution in [-0.4, -0.2) is 30.5 Å². The quantitative estimate of drug-likeness (QED) is 0.839. The fraction of sp³-hybridized carbons (Fsp3) is 0.600. The van der Waals surface area contributed by atoms with Crippen molar-refractivity contribution in [2.24, 2.45) is 0 Å². The predicted molar refractivity (Wildman–Crippen MR) is 89.0 cm³/mol. The van der Waals surface area contributed by atoms with Gasteiger partial charge in [0.25, 0.3) is 5.91 Å². The van der Waals surface area contributed by atoms with Crippen molar-refractivity contribution in [3.8, 4) is 0 Å². The van der Waals surface area contributed by atoms with E-state index < -0.39 is 0 Å². The monoisotopic (exact) mass is 308 g/mol. The zero-order valence-electron chi connectivity index (χ0n) is 12.8. The summed E-state index contributed by atoms with van der Waals surface area (Å²) in [5.41, 5.74) is 7.09. The molecule has 116 valence electrons. The van der Waals surface area contributed by atoms with E-state index >= 15 is 0 Å². The Morgan fingerprint density at radius 1 is 1.33 bits per heavy atom. The van der Waals surface area contributed by atoms with Crippen LogP contribution in [0.3, 0.4) is 0 Å². The van der Waals surface area contributed by atoms with E-state index in [0.717, 1.165) is 18.2 Å². The third-order valence-electron chi connectivity index (χ3n) is 3.50. The molecule has 0 radical (unpaired) electrons. The molecule has 0 aromatic carbocycles. The number of aromatic nitrogens is 1. The lowest BCUT2D eigenvalue weighted by atomic mass is 10.2. The number of rotatable bonds is 4. The number of allylic oxidation sites excluding steroid dienone is 1. The molecule has 2 heterocycles. The molecule has 1 saturated heterocycles. The lowest BCUT2D eigenvalue weighted by Crippen LogP contribution is -2.23. The number of amides is 1. The number of nitrogens with one attached hydrogen (secondary N) is 1. The van der Waals surface area contributed by atoms with Gasteiger partial charge in [0.1, 0.15) is 10.7 Å². The van der Waals surface area contributed by atoms with Crippen LogP contribution in [0.5, 0.6) is 0 Å². The summed E-state index contributed by atoms with van der Waals surface area (Å²) in [6.45, 7) is 6.55. The first-order valence-corrected chi connectivity index (χ1v) is 8.32. The van der Waals surface area contributed by atoms with Gasteiger partial charge in [-0.15, -0.1) is 0 Å². The number of anilines is 2. The molecule has 0 saturated carbocycles. The zero-order valence-corrected chi connectivity index (χ0v) is 13.6. The van der Waals surface area contributed by atoms with Crippen molar-refractivity contribution >= 4 is 28.2 Å². The van der Waals surface area contributed by atoms with E-state index in [0.29, 0.717) is 17.2 Å². The molecule has 6 heteroatoms. The van der Waals surface area contributed by atoms with Crippen LogP contribution in [0.1, 0.15) is 49.2 Å². The summed E-state index contributed by atoms with van der Waals surface area (Å²) in [5, 5.41) is 3.73. The number of hydrogen-bond acceptors (Lipinski definition) is 5. The van der Waals surface area contributed by atoms with E-state index in [9.17, 15) is 4.79 Å². The van der Waals surface area contributed by atoms with Crippen molar-refractivity contribution in [1.29, 1.82) is 0 Å². The number of thiazole rings is 1. The Balaban J connectivity index is 2.04. The molecule has 1 aliphatic rings. The number of hydrogen-bond donors (Lipinski definition) is 2. The Hall–Kier alpha value is -1.56. The Morgan fingerprint density at radius 2 is 2.00 bits per heavy atom. The molecule has 5 nitrogen and oxygen atoms in total. The Kier molecular flexibility index (Phi) is 5.61. The third-order valence-corrected chi connectivity index (χ3v) is 4.63. The molecule has 3 N–H and O–H groups in total. The summed E-state index contributed by atoms with van der Waals surface area (Å²) in [5.74, 6) is 0.206. The molecule has 0 unspecified atom stereocenters. The number of carbonyl (C=O) groups excluding carboxylic acids is 1. The topological polar surface area (TPSA) is 71.2 Å². The number of nitrogens with two attached hydrogens (primary N) is 1. The molecule has 1 amide bonds. The van der Waals surface area contributed by atoms with E-state index in [1.54, 1.807) is 0 Å². The molecular formula is C15H24N4OS. The van der Waals surface area contributed by atoms with Gasteiger partial charge >= 0.3 is 0 Å². The molecule has 0 aliphatic carbocycles. The first-order valence-electron chi connectivity index (χ1n) is 7.50. The maximum atomic E-state index is 12.1. The molecule has 2 rings (SSSR count). The maximum absolute atomic E-state index is 12.1. The number of carbonyl (C=O) groups is 1. The van der Waals surface area contributed by atoms with Crippen LogP contribution in [0.2, 0.25) is 0 Å². The lowest BCUT2D eigenvalue weighted by Gasteiger charge is -2.18. The van der Waals surface area contributed by atoms with Crippen molar-refractivity contribution < 1.29 is 4.79 Å². The molecular weight excluding hydrogens is 284 g/mol. The second kappa shape index (κ2) is 7.45. The summed E-state index contributed by atoms with van der Waals surface area (Å²) in [6, 6.07) is 0. The highest BCUT2D eigenvalue weighted by molar-refractivity contribution is 7.18. The van der Waals surface area contributed by atoms with Gasteiger partial charge in [0.2, 0.25) is 0 Å². The van der Waals surface area contributed by atoms with Gasteiger partial charge in [-0.1, -0.05) is 35.8 Å². The molecule has 1 aliphatic heterocycles. The minimum absolute atomic E-state index is 0.136. The molecule has 0 bridgehead atoms. The summed E-state index contributed by atoms with van der Waals surface area (Å²) in [4.78, 5) is 19.3. The SMILES string of the molecule is CC(C)=CCNC(=O)c1sc(N2CCCCCC2)nc1N. The van der Waals surface area contributed by atoms with Crippen LogP contribution in [0, 0.1) is 0 Å². The average molecular weight is 308 g/mol. The fourth-order valence-electron chi connectivity index (χ4n) is 2.31. The van der Waals surface area contributed by atoms with Crippen LogP contribution in [0.25, 0.3) is 0 Å². The Labute approximate surface area is 130 Å². The summed E-state index contributed by atoms with van der Waals surface area (Å²) < 4.78 is 0. The van der Waals surface area contributed by atoms with Crippen molar-refractivity contribution in [2.75, 3.05) is 30.3 Å². The molecule has 1 fully saturated rings. The van der Waals surface area contributed by atoms with Gasteiger partial charge in [-0.05, 0) is 26.7 Å². The van der Waals surface area contributed by atoms with Crippen LogP contribution in [-0.2, 0) is 0 Å². The fourth-order valence-corrected chi connectivity index (χ4v) is 3.26. The second-order valence-corrected chi connectivity index (χ2v) is 6.58. The Bertz CT molecular complexity index is 512. The number of nitrogens with zero attached hydrogens (tertiary/aromatic N) is 2. The van der Waals surface area contributed by atoms with Gasteiger partial charge in [0.05, 0.1) is 0 Å². The third kappa shape index (κ3) is 4.46. The molecule has 21 heavy (non-hydrogen) atoms. The van der Waals surface area contributed by atoms with E-state index in [-0.39, 0.29) is 5.91 Å². The van der Waals surface area contributed by atoms with Gasteiger partial charge in [0.15, 0.2) is 5.13 Å². The van der Waals surface area contributed by atoms with Crippen molar-refractivity contribution in [2.45, 2.75) is 39.5 Å². The van der Waals surface area contributed by atoms with E-state index in [1.807, 2.05) is 19.9 Å². The van der Waals surface area contributed by atoms with Gasteiger partial charge in [-0.3, -0.25) is 4.79 Å². The minimum atomic E-state index is -0.136. The summed E-state index contributed by atoms with van der Waals surface area (Å²) in [6.07, 6.45) is 6.88. The Morgan fingerprint density at radius 3 is 2.62 bits per heavy atom. The smallest absolute Gasteiger partial charge is 0.265 e. The van der Waals surface area contributed by atoms with Crippen molar-refractivity contribution in [1.82, 2.24) is 10.3 Å². The zero-order chi connectivity index (χ0) is 15.2. The predicted octanol–water partition coefficient (Wildman–Crippen LogP) is 2.80. The van der Waals surface area contributed by atoms with Crippen LogP contribution < -0.4 is 16.0 Å².